The fraction of sp³-hybridized carbons (Fsp3) is 0.444. The second-order valence-corrected chi connectivity index (χ2v) is 6.96. The van der Waals surface area contributed by atoms with Crippen LogP contribution in [0, 0.1) is 6.92 Å². The van der Waals surface area contributed by atoms with E-state index in [-0.39, 0.29) is 5.91 Å². The molecule has 1 fully saturated rings. The Morgan fingerprint density at radius 1 is 1.42 bits per heavy atom. The van der Waals surface area contributed by atoms with Gasteiger partial charge in [0.25, 0.3) is 5.91 Å². The molecule has 5 nitrogen and oxygen atoms in total. The summed E-state index contributed by atoms with van der Waals surface area (Å²) >= 11 is 6.03. The van der Waals surface area contributed by atoms with Gasteiger partial charge in [0.1, 0.15) is 11.6 Å². The molecule has 0 spiro atoms. The second kappa shape index (κ2) is 6.13. The van der Waals surface area contributed by atoms with Gasteiger partial charge in [0.05, 0.1) is 6.04 Å². The maximum Gasteiger partial charge on any atom is 0.264 e. The first kappa shape index (κ1) is 15.5. The van der Waals surface area contributed by atoms with Crippen molar-refractivity contribution in [3.63, 3.8) is 0 Å². The van der Waals surface area contributed by atoms with Crippen molar-refractivity contribution in [2.24, 2.45) is 0 Å². The first-order valence-corrected chi connectivity index (χ1v) is 8.73. The van der Waals surface area contributed by atoms with Gasteiger partial charge in [-0.1, -0.05) is 11.6 Å². The summed E-state index contributed by atoms with van der Waals surface area (Å²) in [7, 11) is 0. The molecule has 1 saturated heterocycles. The van der Waals surface area contributed by atoms with E-state index in [1.54, 1.807) is 6.07 Å². The molecule has 1 amide bonds. The van der Waals surface area contributed by atoms with E-state index in [0.717, 1.165) is 36.5 Å². The van der Waals surface area contributed by atoms with Gasteiger partial charge in [0, 0.05) is 36.9 Å². The van der Waals surface area contributed by atoms with Crippen molar-refractivity contribution in [3.8, 4) is 5.75 Å². The Bertz CT molecular complexity index is 773. The lowest BCUT2D eigenvalue weighted by Gasteiger charge is -2.35. The molecule has 1 aromatic carbocycles. The monoisotopic (exact) mass is 345 g/mol. The Balaban J connectivity index is 1.46. The summed E-state index contributed by atoms with van der Waals surface area (Å²) in [6.45, 7) is 3.51. The standard InChI is InChI=1S/C18H20ClN3O2/c1-12-20-6-8-22(12)15-3-2-7-21(11-15)18(23)17-10-13-9-14(19)4-5-16(13)24-17/h4-6,8-9,15,17H,2-3,7,10-11H2,1H3. The third-order valence-electron chi connectivity index (χ3n) is 4.94. The number of aromatic nitrogens is 2. The molecule has 3 heterocycles. The lowest BCUT2D eigenvalue weighted by molar-refractivity contribution is -0.139. The lowest BCUT2D eigenvalue weighted by atomic mass is 10.0. The van der Waals surface area contributed by atoms with E-state index < -0.39 is 6.10 Å². The van der Waals surface area contributed by atoms with Crippen molar-refractivity contribution in [2.75, 3.05) is 13.1 Å². The number of hydrogen-bond acceptors (Lipinski definition) is 3. The van der Waals surface area contributed by atoms with Crippen LogP contribution in [-0.4, -0.2) is 39.6 Å². The zero-order chi connectivity index (χ0) is 16.7. The Labute approximate surface area is 146 Å². The number of benzene rings is 1. The number of carbonyl (C=O) groups is 1. The number of amides is 1. The maximum absolute atomic E-state index is 12.9. The number of ether oxygens (including phenoxy) is 1. The highest BCUT2D eigenvalue weighted by Crippen LogP contribution is 2.32. The molecule has 1 aromatic heterocycles. The van der Waals surface area contributed by atoms with Crippen LogP contribution in [0.25, 0.3) is 0 Å². The third kappa shape index (κ3) is 2.77. The van der Waals surface area contributed by atoms with Crippen LogP contribution in [0.1, 0.15) is 30.3 Å². The Kier molecular flexibility index (Phi) is 3.96. The van der Waals surface area contributed by atoms with Crippen molar-refractivity contribution in [1.82, 2.24) is 14.5 Å². The minimum atomic E-state index is -0.430. The number of halogens is 1. The van der Waals surface area contributed by atoms with Crippen molar-refractivity contribution in [2.45, 2.75) is 38.3 Å². The van der Waals surface area contributed by atoms with E-state index in [0.29, 0.717) is 24.0 Å². The second-order valence-electron chi connectivity index (χ2n) is 6.52. The normalized spacial score (nSPS) is 23.0. The number of imidazole rings is 1. The number of carbonyl (C=O) groups excluding carboxylic acids is 1. The summed E-state index contributed by atoms with van der Waals surface area (Å²) in [6.07, 6.45) is 6.05. The number of piperidine rings is 1. The third-order valence-corrected chi connectivity index (χ3v) is 5.17. The summed E-state index contributed by atoms with van der Waals surface area (Å²) < 4.78 is 8.03. The number of nitrogens with zero attached hydrogens (tertiary/aromatic N) is 3. The van der Waals surface area contributed by atoms with Gasteiger partial charge in [-0.05, 0) is 43.5 Å². The van der Waals surface area contributed by atoms with Crippen LogP contribution < -0.4 is 4.74 Å². The van der Waals surface area contributed by atoms with Crippen molar-refractivity contribution in [1.29, 1.82) is 0 Å². The Hall–Kier alpha value is -2.01. The fourth-order valence-corrected chi connectivity index (χ4v) is 3.91. The van der Waals surface area contributed by atoms with E-state index in [1.807, 2.05) is 36.4 Å². The largest absolute Gasteiger partial charge is 0.480 e. The van der Waals surface area contributed by atoms with Gasteiger partial charge in [0.15, 0.2) is 6.10 Å². The summed E-state index contributed by atoms with van der Waals surface area (Å²) in [5.74, 6) is 1.84. The first-order valence-electron chi connectivity index (χ1n) is 8.35. The minimum absolute atomic E-state index is 0.0739. The van der Waals surface area contributed by atoms with Crippen molar-refractivity contribution >= 4 is 17.5 Å². The summed E-state index contributed by atoms with van der Waals surface area (Å²) in [5, 5.41) is 0.680. The smallest absolute Gasteiger partial charge is 0.264 e. The van der Waals surface area contributed by atoms with Crippen LogP contribution in [-0.2, 0) is 11.2 Å². The van der Waals surface area contributed by atoms with Crippen LogP contribution in [0.2, 0.25) is 5.02 Å². The van der Waals surface area contributed by atoms with Crippen molar-refractivity contribution < 1.29 is 9.53 Å². The molecule has 0 N–H and O–H groups in total. The van der Waals surface area contributed by atoms with Gasteiger partial charge in [0.2, 0.25) is 0 Å². The topological polar surface area (TPSA) is 47.4 Å². The average Bonchev–Trinajstić information content (AvgIpc) is 3.20. The molecular weight excluding hydrogens is 326 g/mol. The molecule has 6 heteroatoms. The molecule has 2 aliphatic heterocycles. The molecule has 4 rings (SSSR count). The van der Waals surface area contributed by atoms with Gasteiger partial charge in [-0.3, -0.25) is 4.79 Å². The van der Waals surface area contributed by atoms with Gasteiger partial charge in [-0.15, -0.1) is 0 Å². The SMILES string of the molecule is Cc1nccn1C1CCCN(C(=O)C2Cc3cc(Cl)ccc3O2)C1. The minimum Gasteiger partial charge on any atom is -0.480 e. The average molecular weight is 346 g/mol. The number of aryl methyl sites for hydroxylation is 1. The Morgan fingerprint density at radius 3 is 3.08 bits per heavy atom. The fourth-order valence-electron chi connectivity index (χ4n) is 3.71. The number of fused-ring (bicyclic) bond motifs is 1. The number of likely N-dealkylation sites (tertiary alicyclic amines) is 1. The molecule has 0 aliphatic carbocycles. The highest BCUT2D eigenvalue weighted by molar-refractivity contribution is 6.30. The molecule has 0 bridgehead atoms. The van der Waals surface area contributed by atoms with Crippen LogP contribution in [0.4, 0.5) is 0 Å². The lowest BCUT2D eigenvalue weighted by Crippen LogP contribution is -2.46. The van der Waals surface area contributed by atoms with Gasteiger partial charge < -0.3 is 14.2 Å². The molecule has 0 radical (unpaired) electrons. The molecule has 0 saturated carbocycles. The summed E-state index contributed by atoms with van der Waals surface area (Å²) in [6, 6.07) is 5.83. The molecule has 2 aromatic rings. The van der Waals surface area contributed by atoms with E-state index in [9.17, 15) is 4.79 Å². The highest BCUT2D eigenvalue weighted by atomic mass is 35.5. The van der Waals surface area contributed by atoms with Crippen LogP contribution in [0.3, 0.4) is 0 Å². The molecule has 2 atom stereocenters. The molecule has 24 heavy (non-hydrogen) atoms. The predicted octanol–water partition coefficient (Wildman–Crippen LogP) is 3.01. The summed E-state index contributed by atoms with van der Waals surface area (Å²) in [4.78, 5) is 19.1. The van der Waals surface area contributed by atoms with E-state index in [4.69, 9.17) is 16.3 Å². The Morgan fingerprint density at radius 2 is 2.29 bits per heavy atom. The predicted molar refractivity (Wildman–Crippen MR) is 91.4 cm³/mol. The molecule has 126 valence electrons. The molecule has 2 unspecified atom stereocenters. The van der Waals surface area contributed by atoms with E-state index >= 15 is 0 Å². The van der Waals surface area contributed by atoms with E-state index in [2.05, 4.69) is 9.55 Å². The zero-order valence-corrected chi connectivity index (χ0v) is 14.4. The van der Waals surface area contributed by atoms with Gasteiger partial charge in [-0.25, -0.2) is 4.98 Å². The van der Waals surface area contributed by atoms with Gasteiger partial charge in [-0.2, -0.15) is 0 Å². The van der Waals surface area contributed by atoms with Crippen LogP contribution in [0.15, 0.2) is 30.6 Å². The van der Waals surface area contributed by atoms with Gasteiger partial charge >= 0.3 is 0 Å². The number of rotatable bonds is 2. The highest BCUT2D eigenvalue weighted by Gasteiger charge is 2.35. The van der Waals surface area contributed by atoms with Crippen LogP contribution >= 0.6 is 11.6 Å². The summed E-state index contributed by atoms with van der Waals surface area (Å²) in [5.41, 5.74) is 1.01. The maximum atomic E-state index is 12.9. The molecule has 2 aliphatic rings. The first-order chi connectivity index (χ1) is 11.6. The van der Waals surface area contributed by atoms with Crippen LogP contribution in [0.5, 0.6) is 5.75 Å². The zero-order valence-electron chi connectivity index (χ0n) is 13.6. The molecular formula is C18H20ClN3O2. The van der Waals surface area contributed by atoms with E-state index in [1.165, 1.54) is 0 Å². The number of hydrogen-bond donors (Lipinski definition) is 0. The van der Waals surface area contributed by atoms with Crippen molar-refractivity contribution in [3.05, 3.63) is 47.0 Å². The quantitative estimate of drug-likeness (QED) is 0.840.